The molecule has 0 saturated heterocycles. The molecule has 1 aromatic carbocycles. The van der Waals surface area contributed by atoms with Crippen LogP contribution in [-0.4, -0.2) is 16.6 Å². The van der Waals surface area contributed by atoms with E-state index in [9.17, 15) is 9.18 Å². The van der Waals surface area contributed by atoms with Crippen LogP contribution in [-0.2, 0) is 17.9 Å². The predicted molar refractivity (Wildman–Crippen MR) is 105 cm³/mol. The maximum absolute atomic E-state index is 13.7. The largest absolute Gasteiger partial charge is 0.332 e. The molecule has 130 valence electrons. The number of carbonyl (C=O) groups is 1. The monoisotopic (exact) mass is 391 g/mol. The van der Waals surface area contributed by atoms with Gasteiger partial charge in [0.2, 0.25) is 5.91 Å². The van der Waals surface area contributed by atoms with Crippen molar-refractivity contribution in [2.45, 2.75) is 24.4 Å². The van der Waals surface area contributed by atoms with Gasteiger partial charge in [0.05, 0.1) is 13.1 Å². The molecular weight excluding hydrogens is 373 g/mol. The van der Waals surface area contributed by atoms with Crippen LogP contribution >= 0.6 is 34.4 Å². The lowest BCUT2D eigenvalue weighted by Crippen LogP contribution is -2.29. The summed E-state index contributed by atoms with van der Waals surface area (Å²) in [6.45, 7) is 1.25. The third kappa shape index (κ3) is 5.42. The summed E-state index contributed by atoms with van der Waals surface area (Å²) >= 11 is 4.71. The highest BCUT2D eigenvalue weighted by Crippen LogP contribution is 2.23. The number of halogens is 1. The van der Waals surface area contributed by atoms with E-state index < -0.39 is 0 Å². The molecule has 0 atom stereocenters. The Labute approximate surface area is 159 Å². The minimum Gasteiger partial charge on any atom is -0.332 e. The summed E-state index contributed by atoms with van der Waals surface area (Å²) < 4.78 is 13.7. The lowest BCUT2D eigenvalue weighted by Gasteiger charge is -2.21. The Morgan fingerprint density at radius 2 is 1.60 bits per heavy atom. The zero-order valence-corrected chi connectivity index (χ0v) is 16.0. The Balaban J connectivity index is 1.59. The summed E-state index contributed by atoms with van der Waals surface area (Å²) in [5.41, 5.74) is 0. The van der Waals surface area contributed by atoms with Gasteiger partial charge in [-0.1, -0.05) is 24.3 Å². The van der Waals surface area contributed by atoms with Gasteiger partial charge in [-0.15, -0.1) is 34.4 Å². The normalized spacial score (nSPS) is 10.8. The highest BCUT2D eigenvalue weighted by molar-refractivity contribution is 7.99. The smallest absolute Gasteiger partial charge is 0.224 e. The number of thiophene rings is 2. The number of nitrogens with zero attached hydrogens (tertiary/aromatic N) is 1. The molecule has 0 bridgehead atoms. The molecule has 0 spiro atoms. The first-order valence-corrected chi connectivity index (χ1v) is 10.7. The molecule has 0 aliphatic carbocycles. The van der Waals surface area contributed by atoms with Crippen LogP contribution in [0.15, 0.2) is 64.2 Å². The summed E-state index contributed by atoms with van der Waals surface area (Å²) in [5, 5.41) is 4.05. The van der Waals surface area contributed by atoms with E-state index >= 15 is 0 Å². The number of benzene rings is 1. The molecule has 0 aliphatic heterocycles. The van der Waals surface area contributed by atoms with E-state index in [2.05, 4.69) is 0 Å². The molecule has 0 N–H and O–H groups in total. The van der Waals surface area contributed by atoms with Crippen LogP contribution in [0.25, 0.3) is 0 Å². The summed E-state index contributed by atoms with van der Waals surface area (Å²) in [4.78, 5) is 17.5. The van der Waals surface area contributed by atoms with Crippen molar-refractivity contribution >= 4 is 40.3 Å². The van der Waals surface area contributed by atoms with Crippen LogP contribution in [0.1, 0.15) is 16.2 Å². The first kappa shape index (κ1) is 18.2. The van der Waals surface area contributed by atoms with Crippen LogP contribution in [0.4, 0.5) is 4.39 Å². The highest BCUT2D eigenvalue weighted by Gasteiger charge is 2.16. The topological polar surface area (TPSA) is 20.3 Å². The molecule has 3 aromatic rings. The molecule has 0 saturated carbocycles. The minimum absolute atomic E-state index is 0.102. The van der Waals surface area contributed by atoms with Gasteiger partial charge in [0.25, 0.3) is 0 Å². The standard InChI is InChI=1S/C19H18FNOS3/c20-17-7-1-2-8-18(17)25-12-9-19(22)21(13-15-5-3-10-23-15)14-16-6-4-11-24-16/h1-8,10-11H,9,12-14H2. The van der Waals surface area contributed by atoms with Crippen molar-refractivity contribution in [1.82, 2.24) is 4.90 Å². The van der Waals surface area contributed by atoms with Gasteiger partial charge in [-0.05, 0) is 35.0 Å². The molecule has 0 radical (unpaired) electrons. The van der Waals surface area contributed by atoms with Crippen molar-refractivity contribution in [2.75, 3.05) is 5.75 Å². The maximum Gasteiger partial charge on any atom is 0.224 e. The summed E-state index contributed by atoms with van der Waals surface area (Å²) in [6, 6.07) is 14.8. The maximum atomic E-state index is 13.7. The van der Waals surface area contributed by atoms with Crippen LogP contribution in [0, 0.1) is 5.82 Å². The SMILES string of the molecule is O=C(CCSc1ccccc1F)N(Cc1cccs1)Cc1cccs1. The van der Waals surface area contributed by atoms with Gasteiger partial charge < -0.3 is 4.90 Å². The molecule has 25 heavy (non-hydrogen) atoms. The molecule has 6 heteroatoms. The fourth-order valence-corrected chi connectivity index (χ4v) is 4.70. The van der Waals surface area contributed by atoms with E-state index in [0.29, 0.717) is 30.2 Å². The van der Waals surface area contributed by atoms with E-state index in [4.69, 9.17) is 0 Å². The molecule has 0 unspecified atom stereocenters. The number of thioether (sulfide) groups is 1. The van der Waals surface area contributed by atoms with E-state index in [-0.39, 0.29) is 11.7 Å². The number of hydrogen-bond donors (Lipinski definition) is 0. The van der Waals surface area contributed by atoms with Crippen LogP contribution in [0.3, 0.4) is 0 Å². The van der Waals surface area contributed by atoms with Crippen molar-refractivity contribution in [1.29, 1.82) is 0 Å². The molecule has 1 amide bonds. The van der Waals surface area contributed by atoms with Gasteiger partial charge in [-0.25, -0.2) is 4.39 Å². The van der Waals surface area contributed by atoms with Gasteiger partial charge >= 0.3 is 0 Å². The number of carbonyl (C=O) groups excluding carboxylic acids is 1. The van der Waals surface area contributed by atoms with Gasteiger partial charge in [0, 0.05) is 26.8 Å². The van der Waals surface area contributed by atoms with Crippen LogP contribution in [0.5, 0.6) is 0 Å². The molecule has 3 rings (SSSR count). The van der Waals surface area contributed by atoms with Gasteiger partial charge in [0.15, 0.2) is 0 Å². The highest BCUT2D eigenvalue weighted by atomic mass is 32.2. The van der Waals surface area contributed by atoms with Crippen molar-refractivity contribution in [3.8, 4) is 0 Å². The second-order valence-electron chi connectivity index (χ2n) is 5.44. The zero-order valence-electron chi connectivity index (χ0n) is 13.6. The number of rotatable bonds is 8. The molecular formula is C19H18FNOS3. The Morgan fingerprint density at radius 1 is 0.960 bits per heavy atom. The van der Waals surface area contributed by atoms with Crippen molar-refractivity contribution < 1.29 is 9.18 Å². The second kappa shape index (κ2) is 9.17. The lowest BCUT2D eigenvalue weighted by atomic mass is 10.3. The molecule has 0 aliphatic rings. The Bertz CT molecular complexity index is 751. The Morgan fingerprint density at radius 3 is 2.16 bits per heavy atom. The summed E-state index contributed by atoms with van der Waals surface area (Å²) in [7, 11) is 0. The minimum atomic E-state index is -0.228. The molecule has 2 heterocycles. The first-order chi connectivity index (χ1) is 12.2. The fraction of sp³-hybridized carbons (Fsp3) is 0.211. The number of hydrogen-bond acceptors (Lipinski definition) is 4. The Kier molecular flexibility index (Phi) is 6.67. The van der Waals surface area contributed by atoms with E-state index in [1.165, 1.54) is 27.6 Å². The molecule has 0 fully saturated rings. The van der Waals surface area contributed by atoms with Gasteiger partial charge in [0.1, 0.15) is 5.82 Å². The average molecular weight is 392 g/mol. The predicted octanol–water partition coefficient (Wildman–Crippen LogP) is 5.66. The quantitative estimate of drug-likeness (QED) is 0.462. The summed E-state index contributed by atoms with van der Waals surface area (Å²) in [6.07, 6.45) is 0.399. The second-order valence-corrected chi connectivity index (χ2v) is 8.64. The summed E-state index contributed by atoms with van der Waals surface area (Å²) in [5.74, 6) is 0.449. The van der Waals surface area contributed by atoms with Crippen molar-refractivity contribution in [3.05, 3.63) is 74.9 Å². The third-order valence-corrected chi connectivity index (χ3v) is 6.39. The average Bonchev–Trinajstić information content (AvgIpc) is 3.30. The fourth-order valence-electron chi connectivity index (χ4n) is 2.38. The van der Waals surface area contributed by atoms with Gasteiger partial charge in [-0.3, -0.25) is 4.79 Å². The lowest BCUT2D eigenvalue weighted by molar-refractivity contribution is -0.131. The van der Waals surface area contributed by atoms with Crippen LogP contribution in [0.2, 0.25) is 0 Å². The van der Waals surface area contributed by atoms with Gasteiger partial charge in [-0.2, -0.15) is 0 Å². The Hall–Kier alpha value is -1.63. The van der Waals surface area contributed by atoms with E-state index in [1.807, 2.05) is 46.0 Å². The van der Waals surface area contributed by atoms with Crippen molar-refractivity contribution in [3.63, 3.8) is 0 Å². The van der Waals surface area contributed by atoms with Crippen molar-refractivity contribution in [2.24, 2.45) is 0 Å². The van der Waals surface area contributed by atoms with E-state index in [1.54, 1.807) is 34.8 Å². The molecule has 2 nitrogen and oxygen atoms in total. The molecule has 2 aromatic heterocycles. The third-order valence-electron chi connectivity index (χ3n) is 3.62. The van der Waals surface area contributed by atoms with Crippen LogP contribution < -0.4 is 0 Å². The zero-order chi connectivity index (χ0) is 17.5. The first-order valence-electron chi connectivity index (χ1n) is 7.92. The van der Waals surface area contributed by atoms with E-state index in [0.717, 1.165) is 0 Å². The number of amides is 1.